The first-order valence-electron chi connectivity index (χ1n) is 8.54. The fraction of sp³-hybridized carbons (Fsp3) is 0.938. The fourth-order valence-electron chi connectivity index (χ4n) is 3.55. The molecule has 0 unspecified atom stereocenters. The molecule has 0 aromatic heterocycles. The third-order valence-electron chi connectivity index (χ3n) is 4.80. The average molecular weight is 281 g/mol. The second-order valence-corrected chi connectivity index (χ2v) is 6.15. The van der Waals surface area contributed by atoms with E-state index in [0.717, 1.165) is 58.2 Å². The van der Waals surface area contributed by atoms with E-state index in [4.69, 9.17) is 0 Å². The van der Waals surface area contributed by atoms with E-state index in [9.17, 15) is 4.79 Å². The van der Waals surface area contributed by atoms with E-state index in [2.05, 4.69) is 17.1 Å². The Balaban J connectivity index is 1.66. The Morgan fingerprint density at radius 2 is 1.90 bits per heavy atom. The number of rotatable bonds is 6. The minimum atomic E-state index is 0.353. The van der Waals surface area contributed by atoms with Gasteiger partial charge < -0.3 is 15.1 Å². The number of carbonyl (C=O) groups excluding carboxylic acids is 1. The van der Waals surface area contributed by atoms with Crippen LogP contribution in [-0.2, 0) is 4.79 Å². The van der Waals surface area contributed by atoms with Crippen molar-refractivity contribution in [2.75, 3.05) is 39.3 Å². The van der Waals surface area contributed by atoms with E-state index in [1.807, 2.05) is 4.90 Å². The normalized spacial score (nSPS) is 21.4. The summed E-state index contributed by atoms with van der Waals surface area (Å²) in [7, 11) is 0. The highest BCUT2D eigenvalue weighted by atomic mass is 16.2. The van der Waals surface area contributed by atoms with Gasteiger partial charge in [0.15, 0.2) is 0 Å². The van der Waals surface area contributed by atoms with Crippen molar-refractivity contribution >= 4 is 5.91 Å². The number of amides is 1. The maximum atomic E-state index is 12.1. The molecular weight excluding hydrogens is 250 g/mol. The summed E-state index contributed by atoms with van der Waals surface area (Å²) < 4.78 is 0. The molecule has 1 saturated carbocycles. The Morgan fingerprint density at radius 3 is 2.55 bits per heavy atom. The lowest BCUT2D eigenvalue weighted by Crippen LogP contribution is -2.46. The van der Waals surface area contributed by atoms with Gasteiger partial charge in [-0.05, 0) is 32.4 Å². The summed E-state index contributed by atoms with van der Waals surface area (Å²) in [5.74, 6) is 0.353. The molecule has 1 aliphatic carbocycles. The van der Waals surface area contributed by atoms with E-state index >= 15 is 0 Å². The first-order chi connectivity index (χ1) is 9.81. The van der Waals surface area contributed by atoms with Gasteiger partial charge in [0.05, 0.1) is 0 Å². The Bertz CT molecular complexity index is 283. The molecular formula is C16H31N3O. The molecule has 0 bridgehead atoms. The lowest BCUT2D eigenvalue weighted by Gasteiger charge is -2.33. The van der Waals surface area contributed by atoms with Crippen molar-refractivity contribution in [2.45, 2.75) is 57.9 Å². The molecule has 2 aliphatic rings. The van der Waals surface area contributed by atoms with Crippen LogP contribution in [0.4, 0.5) is 0 Å². The van der Waals surface area contributed by atoms with E-state index in [1.54, 1.807) is 0 Å². The highest BCUT2D eigenvalue weighted by Crippen LogP contribution is 2.22. The van der Waals surface area contributed by atoms with E-state index in [1.165, 1.54) is 32.1 Å². The number of carbonyl (C=O) groups is 1. The fourth-order valence-corrected chi connectivity index (χ4v) is 3.55. The molecule has 0 spiro atoms. The third kappa shape index (κ3) is 4.74. The van der Waals surface area contributed by atoms with Gasteiger partial charge in [0.25, 0.3) is 0 Å². The van der Waals surface area contributed by atoms with Crippen LogP contribution in [0.2, 0.25) is 0 Å². The molecule has 116 valence electrons. The van der Waals surface area contributed by atoms with Gasteiger partial charge in [-0.1, -0.05) is 26.2 Å². The minimum Gasteiger partial charge on any atom is -0.340 e. The summed E-state index contributed by atoms with van der Waals surface area (Å²) in [5.41, 5.74) is 0. The summed E-state index contributed by atoms with van der Waals surface area (Å²) >= 11 is 0. The summed E-state index contributed by atoms with van der Waals surface area (Å²) in [4.78, 5) is 16.7. The maximum absolute atomic E-state index is 12.1. The van der Waals surface area contributed by atoms with Gasteiger partial charge >= 0.3 is 0 Å². The standard InChI is InChI=1S/C16H31N3O/c1-2-18(15-7-4-3-5-8-15)12-6-9-16(20)19-13-10-17-11-14-19/h15,17H,2-14H2,1H3. The van der Waals surface area contributed by atoms with Crippen LogP contribution in [0.3, 0.4) is 0 Å². The van der Waals surface area contributed by atoms with Crippen LogP contribution in [0.25, 0.3) is 0 Å². The molecule has 1 heterocycles. The molecule has 1 saturated heterocycles. The summed E-state index contributed by atoms with van der Waals surface area (Å²) in [6.45, 7) is 8.17. The second-order valence-electron chi connectivity index (χ2n) is 6.15. The highest BCUT2D eigenvalue weighted by Gasteiger charge is 2.20. The Kier molecular flexibility index (Phi) is 6.80. The predicted octanol–water partition coefficient (Wildman–Crippen LogP) is 1.85. The number of nitrogens with zero attached hydrogens (tertiary/aromatic N) is 2. The molecule has 20 heavy (non-hydrogen) atoms. The molecule has 1 amide bonds. The molecule has 4 nitrogen and oxygen atoms in total. The van der Waals surface area contributed by atoms with Crippen molar-refractivity contribution in [2.24, 2.45) is 0 Å². The molecule has 2 rings (SSSR count). The zero-order valence-corrected chi connectivity index (χ0v) is 13.1. The Hall–Kier alpha value is -0.610. The lowest BCUT2D eigenvalue weighted by atomic mass is 9.94. The average Bonchev–Trinajstić information content (AvgIpc) is 2.53. The van der Waals surface area contributed by atoms with Gasteiger partial charge in [0, 0.05) is 38.6 Å². The SMILES string of the molecule is CCN(CCCC(=O)N1CCNCC1)C1CCCCC1. The predicted molar refractivity (Wildman–Crippen MR) is 82.8 cm³/mol. The van der Waals surface area contributed by atoms with Gasteiger partial charge in [-0.15, -0.1) is 0 Å². The van der Waals surface area contributed by atoms with Crippen LogP contribution in [0.5, 0.6) is 0 Å². The monoisotopic (exact) mass is 281 g/mol. The topological polar surface area (TPSA) is 35.6 Å². The van der Waals surface area contributed by atoms with Gasteiger partial charge in [0.1, 0.15) is 0 Å². The summed E-state index contributed by atoms with van der Waals surface area (Å²) in [6.07, 6.45) is 8.66. The van der Waals surface area contributed by atoms with Crippen molar-refractivity contribution in [3.8, 4) is 0 Å². The first-order valence-corrected chi connectivity index (χ1v) is 8.54. The van der Waals surface area contributed by atoms with Crippen LogP contribution in [0, 0.1) is 0 Å². The molecule has 0 atom stereocenters. The van der Waals surface area contributed by atoms with Crippen LogP contribution < -0.4 is 5.32 Å². The van der Waals surface area contributed by atoms with Crippen molar-refractivity contribution in [1.29, 1.82) is 0 Å². The number of piperazine rings is 1. The smallest absolute Gasteiger partial charge is 0.222 e. The van der Waals surface area contributed by atoms with Crippen molar-refractivity contribution < 1.29 is 4.79 Å². The van der Waals surface area contributed by atoms with Crippen LogP contribution in [0.1, 0.15) is 51.9 Å². The van der Waals surface area contributed by atoms with Crippen LogP contribution in [-0.4, -0.2) is 61.0 Å². The highest BCUT2D eigenvalue weighted by molar-refractivity contribution is 5.76. The molecule has 0 aromatic rings. The largest absolute Gasteiger partial charge is 0.340 e. The number of nitrogens with one attached hydrogen (secondary N) is 1. The van der Waals surface area contributed by atoms with Crippen LogP contribution in [0.15, 0.2) is 0 Å². The summed E-state index contributed by atoms with van der Waals surface area (Å²) in [6, 6.07) is 0.781. The lowest BCUT2D eigenvalue weighted by molar-refractivity contribution is -0.131. The van der Waals surface area contributed by atoms with Gasteiger partial charge in [-0.2, -0.15) is 0 Å². The Labute approximate surface area is 123 Å². The first kappa shape index (κ1) is 15.8. The van der Waals surface area contributed by atoms with Gasteiger partial charge in [0.2, 0.25) is 5.91 Å². The summed E-state index contributed by atoms with van der Waals surface area (Å²) in [5, 5.41) is 3.29. The Morgan fingerprint density at radius 1 is 1.20 bits per heavy atom. The maximum Gasteiger partial charge on any atom is 0.222 e. The molecule has 1 N–H and O–H groups in total. The van der Waals surface area contributed by atoms with E-state index < -0.39 is 0 Å². The van der Waals surface area contributed by atoms with Gasteiger partial charge in [-0.25, -0.2) is 0 Å². The third-order valence-corrected chi connectivity index (χ3v) is 4.80. The number of hydrogen-bond acceptors (Lipinski definition) is 3. The molecule has 0 radical (unpaired) electrons. The molecule has 2 fully saturated rings. The second kappa shape index (κ2) is 8.63. The van der Waals surface area contributed by atoms with Crippen LogP contribution >= 0.6 is 0 Å². The van der Waals surface area contributed by atoms with Crippen molar-refractivity contribution in [3.05, 3.63) is 0 Å². The van der Waals surface area contributed by atoms with Crippen molar-refractivity contribution in [3.63, 3.8) is 0 Å². The number of hydrogen-bond donors (Lipinski definition) is 1. The minimum absolute atomic E-state index is 0.353. The van der Waals surface area contributed by atoms with E-state index in [0.29, 0.717) is 5.91 Å². The molecule has 4 heteroatoms. The zero-order valence-electron chi connectivity index (χ0n) is 13.1. The van der Waals surface area contributed by atoms with Crippen molar-refractivity contribution in [1.82, 2.24) is 15.1 Å². The molecule has 0 aromatic carbocycles. The van der Waals surface area contributed by atoms with E-state index in [-0.39, 0.29) is 0 Å². The zero-order chi connectivity index (χ0) is 14.2. The molecule has 1 aliphatic heterocycles. The van der Waals surface area contributed by atoms with Gasteiger partial charge in [-0.3, -0.25) is 4.79 Å². The quantitative estimate of drug-likeness (QED) is 0.807.